The molecule has 0 atom stereocenters. The van der Waals surface area contributed by atoms with Gasteiger partial charge in [-0.1, -0.05) is 24.3 Å². The average molecular weight is 414 g/mol. The number of sulfonamides is 1. The Balaban J connectivity index is 1.97. The Morgan fingerprint density at radius 2 is 1.31 bits per heavy atom. The molecule has 0 radical (unpaired) electrons. The third kappa shape index (κ3) is 4.85. The number of ether oxygens (including phenoxy) is 2. The second-order valence-electron chi connectivity index (χ2n) is 6.33. The first-order valence-corrected chi connectivity index (χ1v) is 10.3. The highest BCUT2D eigenvalue weighted by molar-refractivity contribution is 7.89. The van der Waals surface area contributed by atoms with E-state index in [4.69, 9.17) is 9.47 Å². The van der Waals surface area contributed by atoms with Crippen molar-refractivity contribution in [2.75, 3.05) is 14.2 Å². The Bertz CT molecular complexity index is 1060. The molecule has 0 aliphatic heterocycles. The van der Waals surface area contributed by atoms with Gasteiger partial charge in [0.2, 0.25) is 10.0 Å². The number of nitrogens with zero attached hydrogens (tertiary/aromatic N) is 1. The number of methoxy groups -OCH3 is 2. The summed E-state index contributed by atoms with van der Waals surface area (Å²) in [5, 5.41) is 0. The number of hydrogen-bond acceptors (Lipinski definition) is 5. The van der Waals surface area contributed by atoms with Crippen LogP contribution in [0.4, 0.5) is 0 Å². The predicted octanol–water partition coefficient (Wildman–Crippen LogP) is 2.78. The standard InChI is InChI=1S/C21H22N2O5S/c1-27-18-9-5-16(6-10-18)14-23(15-17-7-11-19(28-2)12-8-17)29(25,26)20-4-3-13-22-21(20)24/h3-13H,14-15H2,1-2H3,(H,22,24). The summed E-state index contributed by atoms with van der Waals surface area (Å²) in [5.41, 5.74) is 0.896. The molecule has 0 aliphatic carbocycles. The summed E-state index contributed by atoms with van der Waals surface area (Å²) in [6.45, 7) is 0.208. The maximum Gasteiger partial charge on any atom is 0.268 e. The third-order valence-corrected chi connectivity index (χ3v) is 6.25. The van der Waals surface area contributed by atoms with Crippen LogP contribution >= 0.6 is 0 Å². The van der Waals surface area contributed by atoms with Crippen molar-refractivity contribution in [3.05, 3.63) is 88.3 Å². The van der Waals surface area contributed by atoms with E-state index in [0.717, 1.165) is 11.1 Å². The number of hydrogen-bond donors (Lipinski definition) is 1. The van der Waals surface area contributed by atoms with Crippen molar-refractivity contribution < 1.29 is 17.9 Å². The van der Waals surface area contributed by atoms with E-state index < -0.39 is 15.6 Å². The number of nitrogens with one attached hydrogen (secondary N) is 1. The molecule has 1 heterocycles. The molecule has 29 heavy (non-hydrogen) atoms. The van der Waals surface area contributed by atoms with Crippen LogP contribution in [0.25, 0.3) is 0 Å². The van der Waals surface area contributed by atoms with Crippen molar-refractivity contribution in [1.29, 1.82) is 0 Å². The second-order valence-corrected chi connectivity index (χ2v) is 8.24. The van der Waals surface area contributed by atoms with Crippen LogP contribution in [0.3, 0.4) is 0 Å². The maximum atomic E-state index is 13.3. The number of aromatic nitrogens is 1. The van der Waals surface area contributed by atoms with Crippen LogP contribution in [0.2, 0.25) is 0 Å². The van der Waals surface area contributed by atoms with Gasteiger partial charge in [-0.25, -0.2) is 8.42 Å². The minimum Gasteiger partial charge on any atom is -0.497 e. The lowest BCUT2D eigenvalue weighted by atomic mass is 10.2. The minimum atomic E-state index is -4.03. The van der Waals surface area contributed by atoms with E-state index >= 15 is 0 Å². The summed E-state index contributed by atoms with van der Waals surface area (Å²) in [6, 6.07) is 17.1. The van der Waals surface area contributed by atoms with Crippen LogP contribution in [0.5, 0.6) is 11.5 Å². The fourth-order valence-corrected chi connectivity index (χ4v) is 4.30. The van der Waals surface area contributed by atoms with Crippen molar-refractivity contribution in [2.45, 2.75) is 18.0 Å². The van der Waals surface area contributed by atoms with E-state index in [1.165, 1.54) is 22.6 Å². The maximum absolute atomic E-state index is 13.3. The normalized spacial score (nSPS) is 11.4. The van der Waals surface area contributed by atoms with Gasteiger partial charge in [-0.3, -0.25) is 4.79 Å². The third-order valence-electron chi connectivity index (χ3n) is 4.44. The van der Waals surface area contributed by atoms with Gasteiger partial charge in [0.1, 0.15) is 16.4 Å². The van der Waals surface area contributed by atoms with Gasteiger partial charge in [0.05, 0.1) is 14.2 Å². The van der Waals surface area contributed by atoms with Gasteiger partial charge in [0, 0.05) is 19.3 Å². The Kier molecular flexibility index (Phi) is 6.36. The molecule has 0 bridgehead atoms. The number of H-pyrrole nitrogens is 1. The molecule has 8 heteroatoms. The number of aromatic amines is 1. The highest BCUT2D eigenvalue weighted by Gasteiger charge is 2.27. The summed E-state index contributed by atoms with van der Waals surface area (Å²) in [7, 11) is -0.899. The lowest BCUT2D eigenvalue weighted by Gasteiger charge is -2.22. The van der Waals surface area contributed by atoms with Gasteiger partial charge < -0.3 is 14.5 Å². The minimum absolute atomic E-state index is 0.104. The van der Waals surface area contributed by atoms with Gasteiger partial charge in [-0.05, 0) is 47.5 Å². The summed E-state index contributed by atoms with van der Waals surface area (Å²) in [4.78, 5) is 14.3. The summed E-state index contributed by atoms with van der Waals surface area (Å²) < 4.78 is 38.1. The SMILES string of the molecule is COc1ccc(CN(Cc2ccc(OC)cc2)S(=O)(=O)c2ccc[nH]c2=O)cc1. The smallest absolute Gasteiger partial charge is 0.268 e. The van der Waals surface area contributed by atoms with Crippen LogP contribution in [0.15, 0.2) is 76.6 Å². The molecule has 1 N–H and O–H groups in total. The molecule has 0 fully saturated rings. The van der Waals surface area contributed by atoms with Crippen LogP contribution in [-0.4, -0.2) is 31.9 Å². The Morgan fingerprint density at radius 3 is 1.72 bits per heavy atom. The van der Waals surface area contributed by atoms with Gasteiger partial charge in [0.25, 0.3) is 5.56 Å². The van der Waals surface area contributed by atoms with E-state index in [-0.39, 0.29) is 18.0 Å². The fraction of sp³-hybridized carbons (Fsp3) is 0.190. The number of benzene rings is 2. The lowest BCUT2D eigenvalue weighted by molar-refractivity contribution is 0.397. The average Bonchev–Trinajstić information content (AvgIpc) is 2.74. The first-order chi connectivity index (χ1) is 13.9. The molecule has 152 valence electrons. The van der Waals surface area contributed by atoms with Gasteiger partial charge >= 0.3 is 0 Å². The Morgan fingerprint density at radius 1 is 0.828 bits per heavy atom. The monoisotopic (exact) mass is 414 g/mol. The summed E-state index contributed by atoms with van der Waals surface area (Å²) in [6.07, 6.45) is 1.40. The molecule has 3 aromatic rings. The van der Waals surface area contributed by atoms with Gasteiger partial charge in [-0.2, -0.15) is 4.31 Å². The molecule has 7 nitrogen and oxygen atoms in total. The first kappa shape index (κ1) is 20.6. The number of pyridine rings is 1. The van der Waals surface area contributed by atoms with Crippen molar-refractivity contribution in [3.8, 4) is 11.5 Å². The van der Waals surface area contributed by atoms with Crippen LogP contribution in [-0.2, 0) is 23.1 Å². The van der Waals surface area contributed by atoms with Crippen LogP contribution in [0, 0.1) is 0 Å². The molecule has 0 spiro atoms. The molecular formula is C21H22N2O5S. The Hall–Kier alpha value is -3.10. The van der Waals surface area contributed by atoms with Crippen LogP contribution in [0.1, 0.15) is 11.1 Å². The van der Waals surface area contributed by atoms with Gasteiger partial charge in [0.15, 0.2) is 0 Å². The lowest BCUT2D eigenvalue weighted by Crippen LogP contribution is -2.33. The quantitative estimate of drug-likeness (QED) is 0.612. The number of rotatable bonds is 8. The zero-order chi connectivity index (χ0) is 20.9. The second kappa shape index (κ2) is 8.93. The first-order valence-electron chi connectivity index (χ1n) is 8.88. The van der Waals surface area contributed by atoms with E-state index in [0.29, 0.717) is 11.5 Å². The molecule has 0 unspecified atom stereocenters. The molecular weight excluding hydrogens is 392 g/mol. The molecule has 0 saturated heterocycles. The highest BCUT2D eigenvalue weighted by atomic mass is 32.2. The molecule has 3 rings (SSSR count). The largest absolute Gasteiger partial charge is 0.497 e. The highest BCUT2D eigenvalue weighted by Crippen LogP contribution is 2.21. The van der Waals surface area contributed by atoms with E-state index in [1.807, 2.05) is 0 Å². The fourth-order valence-electron chi connectivity index (χ4n) is 2.84. The molecule has 0 saturated carbocycles. The predicted molar refractivity (Wildman–Crippen MR) is 109 cm³/mol. The zero-order valence-corrected chi connectivity index (χ0v) is 17.0. The summed E-state index contributed by atoms with van der Waals surface area (Å²) >= 11 is 0. The molecule has 2 aromatic carbocycles. The van der Waals surface area contributed by atoms with E-state index in [1.54, 1.807) is 62.8 Å². The van der Waals surface area contributed by atoms with Crippen molar-refractivity contribution >= 4 is 10.0 Å². The van der Waals surface area contributed by atoms with Crippen molar-refractivity contribution in [2.24, 2.45) is 0 Å². The summed E-state index contributed by atoms with van der Waals surface area (Å²) in [5.74, 6) is 1.36. The van der Waals surface area contributed by atoms with Crippen LogP contribution < -0.4 is 15.0 Å². The van der Waals surface area contributed by atoms with Crippen molar-refractivity contribution in [1.82, 2.24) is 9.29 Å². The zero-order valence-electron chi connectivity index (χ0n) is 16.2. The molecule has 1 aromatic heterocycles. The van der Waals surface area contributed by atoms with Crippen molar-refractivity contribution in [3.63, 3.8) is 0 Å². The van der Waals surface area contributed by atoms with Gasteiger partial charge in [-0.15, -0.1) is 0 Å². The molecule has 0 amide bonds. The topological polar surface area (TPSA) is 88.7 Å². The molecule has 0 aliphatic rings. The Labute approximate surface area is 169 Å². The van der Waals surface area contributed by atoms with E-state index in [2.05, 4.69) is 4.98 Å². The van der Waals surface area contributed by atoms with E-state index in [9.17, 15) is 13.2 Å².